The van der Waals surface area contributed by atoms with Crippen LogP contribution in [0.5, 0.6) is 0 Å². The van der Waals surface area contributed by atoms with E-state index < -0.39 is 12.0 Å². The molecule has 0 aliphatic heterocycles. The molecule has 0 spiro atoms. The molecule has 1 saturated carbocycles. The Kier molecular flexibility index (Phi) is 3.80. The fraction of sp³-hybridized carbons (Fsp3) is 0.600. The van der Waals surface area contributed by atoms with Crippen molar-refractivity contribution in [2.24, 2.45) is 0 Å². The van der Waals surface area contributed by atoms with Crippen LogP contribution in [0, 0.1) is 3.57 Å². The molecule has 1 aromatic heterocycles. The largest absolute Gasteiger partial charge is 0.480 e. The van der Waals surface area contributed by atoms with E-state index in [2.05, 4.69) is 33.0 Å². The zero-order valence-corrected chi connectivity index (χ0v) is 10.9. The van der Waals surface area contributed by atoms with Crippen molar-refractivity contribution in [1.29, 1.82) is 0 Å². The number of halogens is 1. The van der Waals surface area contributed by atoms with Crippen LogP contribution < -0.4 is 5.32 Å². The molecule has 1 atom stereocenters. The normalized spacial score (nSPS) is 17.3. The van der Waals surface area contributed by atoms with Gasteiger partial charge < -0.3 is 10.4 Å². The van der Waals surface area contributed by atoms with Gasteiger partial charge in [0.1, 0.15) is 6.04 Å². The summed E-state index contributed by atoms with van der Waals surface area (Å²) in [7, 11) is 0. The molecule has 16 heavy (non-hydrogen) atoms. The van der Waals surface area contributed by atoms with E-state index in [1.807, 2.05) is 6.20 Å². The van der Waals surface area contributed by atoms with E-state index >= 15 is 0 Å². The van der Waals surface area contributed by atoms with E-state index in [0.717, 1.165) is 16.4 Å². The number of carboxylic acid groups (broad SMARTS) is 1. The summed E-state index contributed by atoms with van der Waals surface area (Å²) in [5.41, 5.74) is 0. The van der Waals surface area contributed by atoms with Crippen molar-refractivity contribution in [3.63, 3.8) is 0 Å². The lowest BCUT2D eigenvalue weighted by Gasteiger charge is -2.13. The molecule has 88 valence electrons. The summed E-state index contributed by atoms with van der Waals surface area (Å²) in [5.74, 6) is -0.770. The van der Waals surface area contributed by atoms with Crippen molar-refractivity contribution in [1.82, 2.24) is 15.1 Å². The molecule has 0 amide bonds. The van der Waals surface area contributed by atoms with E-state index in [9.17, 15) is 4.79 Å². The number of aliphatic carboxylic acids is 1. The van der Waals surface area contributed by atoms with Gasteiger partial charge >= 0.3 is 5.97 Å². The molecule has 2 N–H and O–H groups in total. The minimum atomic E-state index is -0.770. The summed E-state index contributed by atoms with van der Waals surface area (Å²) in [6, 6.07) is -0.0341. The summed E-state index contributed by atoms with van der Waals surface area (Å²) in [4.78, 5) is 11.0. The highest BCUT2D eigenvalue weighted by atomic mass is 127. The smallest absolute Gasteiger partial charge is 0.320 e. The lowest BCUT2D eigenvalue weighted by Crippen LogP contribution is -2.38. The number of nitrogens with one attached hydrogen (secondary N) is 1. The van der Waals surface area contributed by atoms with Gasteiger partial charge in [-0.2, -0.15) is 5.10 Å². The molecule has 1 unspecified atom stereocenters. The first-order chi connectivity index (χ1) is 7.65. The number of hydrogen-bond donors (Lipinski definition) is 2. The van der Waals surface area contributed by atoms with Crippen molar-refractivity contribution in [3.8, 4) is 0 Å². The van der Waals surface area contributed by atoms with Gasteiger partial charge in [0, 0.05) is 18.8 Å². The highest BCUT2D eigenvalue weighted by Crippen LogP contribution is 2.20. The molecule has 0 aromatic carbocycles. The summed E-state index contributed by atoms with van der Waals surface area (Å²) in [6.07, 6.45) is 6.46. The Hall–Kier alpha value is -0.630. The Bertz CT molecular complexity index is 376. The summed E-state index contributed by atoms with van der Waals surface area (Å²) < 4.78 is 2.85. The van der Waals surface area contributed by atoms with Crippen molar-refractivity contribution < 1.29 is 9.90 Å². The maximum atomic E-state index is 11.0. The third kappa shape index (κ3) is 3.44. The number of nitrogens with zero attached hydrogens (tertiary/aromatic N) is 2. The second-order valence-electron chi connectivity index (χ2n) is 4.04. The van der Waals surface area contributed by atoms with Crippen LogP contribution in [0.2, 0.25) is 0 Å². The van der Waals surface area contributed by atoms with Gasteiger partial charge in [0.05, 0.1) is 9.77 Å². The van der Waals surface area contributed by atoms with Crippen LogP contribution in [-0.4, -0.2) is 32.9 Å². The van der Waals surface area contributed by atoms with E-state index in [1.54, 1.807) is 10.9 Å². The first-order valence-corrected chi connectivity index (χ1v) is 6.40. The van der Waals surface area contributed by atoms with Gasteiger partial charge in [0.25, 0.3) is 0 Å². The van der Waals surface area contributed by atoms with Gasteiger partial charge in [-0.05, 0) is 41.9 Å². The zero-order chi connectivity index (χ0) is 11.5. The predicted octanol–water partition coefficient (Wildman–Crippen LogP) is 1.08. The van der Waals surface area contributed by atoms with Crippen LogP contribution in [0.3, 0.4) is 0 Å². The van der Waals surface area contributed by atoms with Crippen LogP contribution in [0.1, 0.15) is 19.3 Å². The Morgan fingerprint density at radius 2 is 2.50 bits per heavy atom. The van der Waals surface area contributed by atoms with Gasteiger partial charge in [-0.3, -0.25) is 9.48 Å². The van der Waals surface area contributed by atoms with E-state index in [0.29, 0.717) is 19.0 Å². The second-order valence-corrected chi connectivity index (χ2v) is 5.29. The molecule has 0 saturated heterocycles. The monoisotopic (exact) mass is 335 g/mol. The number of aryl methyl sites for hydroxylation is 1. The number of rotatable bonds is 6. The fourth-order valence-electron chi connectivity index (χ4n) is 1.53. The van der Waals surface area contributed by atoms with E-state index in [4.69, 9.17) is 5.11 Å². The summed E-state index contributed by atoms with van der Waals surface area (Å²) >= 11 is 2.19. The van der Waals surface area contributed by atoms with E-state index in [-0.39, 0.29) is 0 Å². The first kappa shape index (κ1) is 11.8. The third-order valence-corrected chi connectivity index (χ3v) is 3.12. The van der Waals surface area contributed by atoms with Crippen LogP contribution in [0.25, 0.3) is 0 Å². The molecule has 1 fully saturated rings. The Morgan fingerprint density at radius 3 is 3.00 bits per heavy atom. The number of carbonyl (C=O) groups is 1. The van der Waals surface area contributed by atoms with Crippen molar-refractivity contribution >= 4 is 28.6 Å². The number of hydrogen-bond acceptors (Lipinski definition) is 3. The quantitative estimate of drug-likeness (QED) is 0.764. The van der Waals surface area contributed by atoms with Crippen LogP contribution in [0.4, 0.5) is 0 Å². The Labute approximate surface area is 107 Å². The van der Waals surface area contributed by atoms with Crippen LogP contribution >= 0.6 is 22.6 Å². The summed E-state index contributed by atoms with van der Waals surface area (Å²) in [5, 5.41) is 16.3. The molecular formula is C10H14IN3O2. The average molecular weight is 335 g/mol. The molecule has 1 heterocycles. The number of aromatic nitrogens is 2. The number of carboxylic acids is 1. The van der Waals surface area contributed by atoms with E-state index in [1.165, 1.54) is 0 Å². The molecule has 1 aliphatic rings. The van der Waals surface area contributed by atoms with Gasteiger partial charge in [-0.25, -0.2) is 0 Å². The van der Waals surface area contributed by atoms with Crippen molar-refractivity contribution in [2.75, 3.05) is 0 Å². The molecule has 0 bridgehead atoms. The highest BCUT2D eigenvalue weighted by molar-refractivity contribution is 14.1. The molecule has 0 radical (unpaired) electrons. The lowest BCUT2D eigenvalue weighted by molar-refractivity contribution is -0.139. The van der Waals surface area contributed by atoms with Gasteiger partial charge in [-0.15, -0.1) is 0 Å². The maximum Gasteiger partial charge on any atom is 0.320 e. The van der Waals surface area contributed by atoms with Gasteiger partial charge in [0.2, 0.25) is 0 Å². The predicted molar refractivity (Wildman–Crippen MR) is 67.1 cm³/mol. The van der Waals surface area contributed by atoms with Crippen LogP contribution in [0.15, 0.2) is 12.4 Å². The Morgan fingerprint density at radius 1 is 1.75 bits per heavy atom. The minimum absolute atomic E-state index is 0.416. The molecule has 6 heteroatoms. The van der Waals surface area contributed by atoms with Crippen LogP contribution in [-0.2, 0) is 11.3 Å². The lowest BCUT2D eigenvalue weighted by atomic mass is 10.2. The minimum Gasteiger partial charge on any atom is -0.480 e. The van der Waals surface area contributed by atoms with Crippen molar-refractivity contribution in [2.45, 2.75) is 37.9 Å². The second kappa shape index (κ2) is 5.13. The topological polar surface area (TPSA) is 67.1 Å². The molecular weight excluding hydrogens is 321 g/mol. The standard InChI is InChI=1S/C10H14IN3O2/c11-7-5-12-14(6-7)4-3-9(10(15)16)13-8-1-2-8/h5-6,8-9,13H,1-4H2,(H,15,16). The molecule has 5 nitrogen and oxygen atoms in total. The average Bonchev–Trinajstić information content (AvgIpc) is 2.95. The maximum absolute atomic E-state index is 11.0. The third-order valence-electron chi connectivity index (χ3n) is 2.56. The molecule has 1 aliphatic carbocycles. The van der Waals surface area contributed by atoms with Gasteiger partial charge in [0.15, 0.2) is 0 Å². The van der Waals surface area contributed by atoms with Crippen molar-refractivity contribution in [3.05, 3.63) is 16.0 Å². The highest BCUT2D eigenvalue weighted by Gasteiger charge is 2.27. The Balaban J connectivity index is 1.83. The molecule has 2 rings (SSSR count). The first-order valence-electron chi connectivity index (χ1n) is 5.32. The summed E-state index contributed by atoms with van der Waals surface area (Å²) in [6.45, 7) is 0.639. The molecule has 1 aromatic rings. The zero-order valence-electron chi connectivity index (χ0n) is 8.77. The SMILES string of the molecule is O=C(O)C(CCn1cc(I)cn1)NC1CC1. The fourth-order valence-corrected chi connectivity index (χ4v) is 1.98. The van der Waals surface area contributed by atoms with Gasteiger partial charge in [-0.1, -0.05) is 0 Å².